The lowest BCUT2D eigenvalue weighted by Crippen LogP contribution is -2.36. The molecule has 0 aromatic carbocycles. The van der Waals surface area contributed by atoms with Gasteiger partial charge >= 0.3 is 0 Å². The fourth-order valence-corrected chi connectivity index (χ4v) is 2.88. The van der Waals surface area contributed by atoms with Gasteiger partial charge in [-0.05, 0) is 28.8 Å². The third kappa shape index (κ3) is 2.92. The standard InChI is InChI=1S/C12H19BrN4O/c1-14-12-15-8-10(13)11(16-12)17(6-7-18)9-4-2-3-5-9/h8-9,18H,2-7H2,1H3,(H,14,15,16). The number of aliphatic hydroxyl groups is 1. The van der Waals surface area contributed by atoms with E-state index in [-0.39, 0.29) is 6.61 Å². The van der Waals surface area contributed by atoms with Gasteiger partial charge < -0.3 is 15.3 Å². The smallest absolute Gasteiger partial charge is 0.224 e. The van der Waals surface area contributed by atoms with Crippen LogP contribution in [0.1, 0.15) is 25.7 Å². The molecule has 0 spiro atoms. The minimum atomic E-state index is 0.141. The summed E-state index contributed by atoms with van der Waals surface area (Å²) >= 11 is 3.50. The molecule has 0 saturated heterocycles. The summed E-state index contributed by atoms with van der Waals surface area (Å²) in [5.41, 5.74) is 0. The molecule has 1 aliphatic carbocycles. The number of hydrogen-bond acceptors (Lipinski definition) is 5. The second-order valence-electron chi connectivity index (χ2n) is 4.47. The van der Waals surface area contributed by atoms with Gasteiger partial charge in [-0.1, -0.05) is 12.8 Å². The average molecular weight is 315 g/mol. The second-order valence-corrected chi connectivity index (χ2v) is 5.32. The van der Waals surface area contributed by atoms with Crippen molar-refractivity contribution in [1.29, 1.82) is 0 Å². The normalized spacial score (nSPS) is 15.9. The number of nitrogens with zero attached hydrogens (tertiary/aromatic N) is 3. The highest BCUT2D eigenvalue weighted by Gasteiger charge is 2.25. The lowest BCUT2D eigenvalue weighted by molar-refractivity contribution is 0.296. The summed E-state index contributed by atoms with van der Waals surface area (Å²) in [5.74, 6) is 1.48. The van der Waals surface area contributed by atoms with Gasteiger partial charge in [0.1, 0.15) is 5.82 Å². The van der Waals surface area contributed by atoms with E-state index in [4.69, 9.17) is 0 Å². The van der Waals surface area contributed by atoms with E-state index in [2.05, 4.69) is 36.1 Å². The molecule has 0 unspecified atom stereocenters. The fraction of sp³-hybridized carbons (Fsp3) is 0.667. The summed E-state index contributed by atoms with van der Waals surface area (Å²) in [5, 5.41) is 12.2. The van der Waals surface area contributed by atoms with E-state index >= 15 is 0 Å². The van der Waals surface area contributed by atoms with Crippen molar-refractivity contribution in [3.63, 3.8) is 0 Å². The van der Waals surface area contributed by atoms with E-state index in [1.54, 1.807) is 13.2 Å². The first-order valence-corrected chi connectivity index (χ1v) is 7.13. The van der Waals surface area contributed by atoms with Crippen molar-refractivity contribution < 1.29 is 5.11 Å². The van der Waals surface area contributed by atoms with Crippen molar-refractivity contribution in [1.82, 2.24) is 9.97 Å². The van der Waals surface area contributed by atoms with Crippen LogP contribution in [-0.4, -0.2) is 41.3 Å². The van der Waals surface area contributed by atoms with E-state index in [1.807, 2.05) is 0 Å². The van der Waals surface area contributed by atoms with Crippen molar-refractivity contribution in [3.05, 3.63) is 10.7 Å². The van der Waals surface area contributed by atoms with E-state index in [0.29, 0.717) is 18.5 Å². The minimum Gasteiger partial charge on any atom is -0.395 e. The highest BCUT2D eigenvalue weighted by atomic mass is 79.9. The maximum Gasteiger partial charge on any atom is 0.224 e. The van der Waals surface area contributed by atoms with Crippen molar-refractivity contribution in [2.75, 3.05) is 30.4 Å². The fourth-order valence-electron chi connectivity index (χ4n) is 2.47. The predicted octanol–water partition coefficient (Wildman–Crippen LogP) is 2.02. The molecule has 2 N–H and O–H groups in total. The van der Waals surface area contributed by atoms with E-state index < -0.39 is 0 Å². The topological polar surface area (TPSA) is 61.3 Å². The maximum absolute atomic E-state index is 9.26. The number of rotatable bonds is 5. The second kappa shape index (κ2) is 6.33. The van der Waals surface area contributed by atoms with Crippen LogP contribution >= 0.6 is 15.9 Å². The Labute approximate surface area is 116 Å². The molecule has 0 radical (unpaired) electrons. The molecular formula is C12H19BrN4O. The molecule has 1 heterocycles. The Morgan fingerprint density at radius 3 is 2.83 bits per heavy atom. The van der Waals surface area contributed by atoms with Crippen LogP contribution in [0.15, 0.2) is 10.7 Å². The molecule has 6 heteroatoms. The molecule has 100 valence electrons. The quantitative estimate of drug-likeness (QED) is 0.870. The Morgan fingerprint density at radius 2 is 2.22 bits per heavy atom. The Morgan fingerprint density at radius 1 is 1.50 bits per heavy atom. The van der Waals surface area contributed by atoms with Gasteiger partial charge in [0.15, 0.2) is 0 Å². The molecule has 1 aliphatic rings. The summed E-state index contributed by atoms with van der Waals surface area (Å²) in [6, 6.07) is 0.480. The Balaban J connectivity index is 2.28. The number of aliphatic hydroxyl groups excluding tert-OH is 1. The molecule has 1 aromatic heterocycles. The van der Waals surface area contributed by atoms with Crippen LogP contribution in [0.5, 0.6) is 0 Å². The summed E-state index contributed by atoms with van der Waals surface area (Å²) in [6.45, 7) is 0.755. The molecule has 5 nitrogen and oxygen atoms in total. The summed E-state index contributed by atoms with van der Waals surface area (Å²) in [6.07, 6.45) is 6.62. The molecule has 0 bridgehead atoms. The number of aromatic nitrogens is 2. The first-order chi connectivity index (χ1) is 8.76. The molecule has 1 aromatic rings. The highest BCUT2D eigenvalue weighted by Crippen LogP contribution is 2.31. The molecule has 0 aliphatic heterocycles. The monoisotopic (exact) mass is 314 g/mol. The van der Waals surface area contributed by atoms with Gasteiger partial charge in [0.25, 0.3) is 0 Å². The highest BCUT2D eigenvalue weighted by molar-refractivity contribution is 9.10. The Kier molecular flexibility index (Phi) is 4.77. The summed E-state index contributed by atoms with van der Waals surface area (Å²) in [7, 11) is 1.80. The van der Waals surface area contributed by atoms with Crippen LogP contribution in [0, 0.1) is 0 Å². The molecule has 1 fully saturated rings. The van der Waals surface area contributed by atoms with Crippen LogP contribution in [0.2, 0.25) is 0 Å². The Hall–Kier alpha value is -0.880. The van der Waals surface area contributed by atoms with Gasteiger partial charge in [0.2, 0.25) is 5.95 Å². The molecule has 2 rings (SSSR count). The number of anilines is 2. The first-order valence-electron chi connectivity index (χ1n) is 6.34. The Bertz CT molecular complexity index is 396. The molecule has 0 atom stereocenters. The van der Waals surface area contributed by atoms with Gasteiger partial charge in [-0.15, -0.1) is 0 Å². The predicted molar refractivity (Wildman–Crippen MR) is 76.0 cm³/mol. The number of halogens is 1. The molecule has 0 amide bonds. The van der Waals surface area contributed by atoms with Crippen LogP contribution in [0.3, 0.4) is 0 Å². The lowest BCUT2D eigenvalue weighted by atomic mass is 10.2. The minimum absolute atomic E-state index is 0.141. The molecular weight excluding hydrogens is 296 g/mol. The van der Waals surface area contributed by atoms with Gasteiger partial charge in [0.05, 0.1) is 11.1 Å². The first kappa shape index (κ1) is 13.5. The van der Waals surface area contributed by atoms with Crippen LogP contribution in [-0.2, 0) is 0 Å². The van der Waals surface area contributed by atoms with E-state index in [0.717, 1.165) is 10.3 Å². The largest absolute Gasteiger partial charge is 0.395 e. The van der Waals surface area contributed by atoms with Gasteiger partial charge in [-0.25, -0.2) is 4.98 Å². The zero-order chi connectivity index (χ0) is 13.0. The van der Waals surface area contributed by atoms with Gasteiger partial charge in [-0.2, -0.15) is 4.98 Å². The third-order valence-corrected chi connectivity index (χ3v) is 3.89. The van der Waals surface area contributed by atoms with Crippen molar-refractivity contribution >= 4 is 27.7 Å². The van der Waals surface area contributed by atoms with Crippen LogP contribution in [0.4, 0.5) is 11.8 Å². The number of hydrogen-bond donors (Lipinski definition) is 2. The maximum atomic E-state index is 9.26. The SMILES string of the molecule is CNc1ncc(Br)c(N(CCO)C2CCCC2)n1. The summed E-state index contributed by atoms with van der Waals surface area (Å²) < 4.78 is 0.877. The van der Waals surface area contributed by atoms with E-state index in [9.17, 15) is 5.11 Å². The van der Waals surface area contributed by atoms with Gasteiger partial charge in [0, 0.05) is 25.8 Å². The third-order valence-electron chi connectivity index (χ3n) is 3.33. The van der Waals surface area contributed by atoms with Crippen LogP contribution in [0.25, 0.3) is 0 Å². The zero-order valence-corrected chi connectivity index (χ0v) is 12.2. The summed E-state index contributed by atoms with van der Waals surface area (Å²) in [4.78, 5) is 10.9. The zero-order valence-electron chi connectivity index (χ0n) is 10.6. The average Bonchev–Trinajstić information content (AvgIpc) is 2.91. The van der Waals surface area contributed by atoms with Crippen molar-refractivity contribution in [2.45, 2.75) is 31.7 Å². The van der Waals surface area contributed by atoms with E-state index in [1.165, 1.54) is 25.7 Å². The van der Waals surface area contributed by atoms with Crippen molar-refractivity contribution in [3.8, 4) is 0 Å². The van der Waals surface area contributed by atoms with Crippen molar-refractivity contribution in [2.24, 2.45) is 0 Å². The molecule has 1 saturated carbocycles. The lowest BCUT2D eigenvalue weighted by Gasteiger charge is -2.30. The molecule has 18 heavy (non-hydrogen) atoms. The number of nitrogens with one attached hydrogen (secondary N) is 1. The van der Waals surface area contributed by atoms with Gasteiger partial charge in [-0.3, -0.25) is 0 Å². The van der Waals surface area contributed by atoms with Crippen LogP contribution < -0.4 is 10.2 Å².